The molecular weight excluding hydrogens is 181 g/mol. The molecule has 8 heteroatoms. The Hall–Kier alpha value is 1.55. The number of aliphatic hydroxyl groups excluding tert-OH is 1. The van der Waals surface area contributed by atoms with Gasteiger partial charge in [-0.15, -0.1) is 0 Å². The van der Waals surface area contributed by atoms with Crippen LogP contribution in [0.25, 0.3) is 0 Å². The molecule has 0 spiro atoms. The van der Waals surface area contributed by atoms with Crippen LogP contribution < -0.4 is 19.2 Å². The van der Waals surface area contributed by atoms with Crippen molar-refractivity contribution in [3.05, 3.63) is 0 Å². The van der Waals surface area contributed by atoms with E-state index in [2.05, 4.69) is 0 Å². The zero-order valence-corrected chi connectivity index (χ0v) is 9.53. The second kappa shape index (κ2) is 13.2. The van der Waals surface area contributed by atoms with E-state index in [9.17, 15) is 0 Å². The molecule has 0 fully saturated rings. The Morgan fingerprint density at radius 2 is 1.10 bits per heavy atom. The molecule has 0 saturated heterocycles. The van der Waals surface area contributed by atoms with Gasteiger partial charge in [0.05, 0.1) is 0 Å². The van der Waals surface area contributed by atoms with E-state index in [1.54, 1.807) is 6.92 Å². The molecule has 0 aliphatic heterocycles. The summed E-state index contributed by atoms with van der Waals surface area (Å²) < 4.78 is 0. The van der Waals surface area contributed by atoms with Crippen molar-refractivity contribution in [1.29, 1.82) is 0 Å². The predicted molar refractivity (Wildman–Crippen MR) is 30.0 cm³/mol. The molecule has 0 aromatic carbocycles. The third kappa shape index (κ3) is 291. The minimum absolute atomic E-state index is 0. The topological polar surface area (TPSA) is 112 Å². The summed E-state index contributed by atoms with van der Waals surface area (Å²) in [5, 5.41) is 7.57. The Bertz CT molecular complexity index is 41.4. The average Bonchev–Trinajstić information content (AvgIpc) is 1.27. The van der Waals surface area contributed by atoms with Crippen molar-refractivity contribution in [1.82, 2.24) is 0 Å². The minimum Gasteiger partial charge on any atom is -0.894 e. The summed E-state index contributed by atoms with van der Waals surface area (Å²) in [5.41, 5.74) is 0. The van der Waals surface area contributed by atoms with Crippen molar-refractivity contribution >= 4 is 55.2 Å². The zero-order chi connectivity index (χ0) is 7.21. The molecule has 10 heavy (non-hydrogen) atoms. The van der Waals surface area contributed by atoms with Gasteiger partial charge in [0.25, 0.3) is 0 Å². The summed E-state index contributed by atoms with van der Waals surface area (Å²) in [7, 11) is -5.61. The van der Waals surface area contributed by atoms with Crippen LogP contribution in [0.2, 0.25) is 0 Å². The smallest absolute Gasteiger partial charge is 0.894 e. The van der Waals surface area contributed by atoms with Crippen LogP contribution in [0, 0.1) is 0 Å². The first-order valence-corrected chi connectivity index (χ1v) is 3.47. The van der Waals surface area contributed by atoms with Gasteiger partial charge in [-0.2, -0.15) is 0 Å². The molecule has 5 nitrogen and oxygen atoms in total. The van der Waals surface area contributed by atoms with Crippen LogP contribution in [0.4, 0.5) is 0 Å². The van der Waals surface area contributed by atoms with Gasteiger partial charge in [-0.05, 0) is 6.92 Å². The predicted octanol–water partition coefficient (Wildman–Crippen LogP) is -5.90. The molecule has 0 amide bonds. The molecule has 0 aromatic heterocycles. The molecule has 0 saturated carbocycles. The molecule has 0 radical (unpaired) electrons. The normalized spacial score (nSPS) is 7.80. The Labute approximate surface area is 92.5 Å². The van der Waals surface area contributed by atoms with E-state index in [0.29, 0.717) is 0 Å². The molecule has 52 valence electrons. The maximum absolute atomic E-state index is 8.58. The molecule has 0 aliphatic rings. The zero-order valence-electron chi connectivity index (χ0n) is 5.70. The molecular formula is C2H6Mg2O5Si. The van der Waals surface area contributed by atoms with Crippen LogP contribution in [-0.4, -0.2) is 66.9 Å². The number of rotatable bonds is 0. The van der Waals surface area contributed by atoms with E-state index in [0.717, 1.165) is 0 Å². The third-order valence-electron chi connectivity index (χ3n) is 0. The van der Waals surface area contributed by atoms with Gasteiger partial charge in [-0.3, -0.25) is 0 Å². The van der Waals surface area contributed by atoms with E-state index in [1.807, 2.05) is 0 Å². The van der Waals surface area contributed by atoms with Crippen LogP contribution in [0.5, 0.6) is 0 Å². The van der Waals surface area contributed by atoms with E-state index >= 15 is 0 Å². The molecule has 0 heterocycles. The fourth-order valence-corrected chi connectivity index (χ4v) is 0. The van der Waals surface area contributed by atoms with Crippen molar-refractivity contribution in [2.45, 2.75) is 6.92 Å². The van der Waals surface area contributed by atoms with Gasteiger partial charge in [-0.25, -0.2) is 0 Å². The summed E-state index contributed by atoms with van der Waals surface area (Å²) in [4.78, 5) is 34.3. The maximum Gasteiger partial charge on any atom is 2.00 e. The molecule has 0 aromatic rings. The Kier molecular flexibility index (Phi) is 29.7. The Balaban J connectivity index is -0.0000000326. The van der Waals surface area contributed by atoms with E-state index < -0.39 is 9.05 Å². The average molecular weight is 187 g/mol. The van der Waals surface area contributed by atoms with E-state index in [-0.39, 0.29) is 52.7 Å². The van der Waals surface area contributed by atoms with Crippen molar-refractivity contribution in [3.8, 4) is 0 Å². The van der Waals surface area contributed by atoms with Gasteiger partial charge in [0.1, 0.15) is 0 Å². The van der Waals surface area contributed by atoms with Gasteiger partial charge in [-0.1, -0.05) is 0 Å². The number of hydrogen-bond donors (Lipinski definition) is 1. The van der Waals surface area contributed by atoms with Crippen molar-refractivity contribution < 1.29 is 24.3 Å². The molecule has 0 bridgehead atoms. The second-order valence-electron chi connectivity index (χ2n) is 0.816. The van der Waals surface area contributed by atoms with Crippen LogP contribution in [0.1, 0.15) is 6.92 Å². The first-order valence-electron chi connectivity index (χ1n) is 1.84. The maximum atomic E-state index is 8.58. The van der Waals surface area contributed by atoms with Gasteiger partial charge >= 0.3 is 46.1 Å². The Morgan fingerprint density at radius 1 is 1.10 bits per heavy atom. The standard InChI is InChI=1S/C2H6O.2Mg.O4Si/c1-2-3;;;1-5(2,3)4/h3H,2H2,1H3;;;/q;2*+2;-4. The summed E-state index contributed by atoms with van der Waals surface area (Å²) >= 11 is 0. The van der Waals surface area contributed by atoms with Gasteiger partial charge < -0.3 is 33.3 Å². The summed E-state index contributed by atoms with van der Waals surface area (Å²) in [6, 6.07) is 0. The molecule has 0 unspecified atom stereocenters. The van der Waals surface area contributed by atoms with Crippen molar-refractivity contribution in [2.75, 3.05) is 6.61 Å². The third-order valence-corrected chi connectivity index (χ3v) is 0. The van der Waals surface area contributed by atoms with Crippen LogP contribution in [-0.2, 0) is 0 Å². The Morgan fingerprint density at radius 3 is 1.10 bits per heavy atom. The summed E-state index contributed by atoms with van der Waals surface area (Å²) in [6.45, 7) is 1.93. The fourth-order valence-electron chi connectivity index (χ4n) is 0. The largest absolute Gasteiger partial charge is 2.00 e. The van der Waals surface area contributed by atoms with Crippen LogP contribution >= 0.6 is 0 Å². The number of hydrogen-bond acceptors (Lipinski definition) is 5. The van der Waals surface area contributed by atoms with Gasteiger partial charge in [0, 0.05) is 6.61 Å². The summed E-state index contributed by atoms with van der Waals surface area (Å²) in [6.07, 6.45) is 0. The molecule has 0 rings (SSSR count). The SMILES string of the molecule is CCO.[Mg+2].[Mg+2].[O-][Si]([O-])([O-])[O-]. The number of aliphatic hydroxyl groups is 1. The van der Waals surface area contributed by atoms with E-state index in [4.69, 9.17) is 24.3 Å². The van der Waals surface area contributed by atoms with Crippen molar-refractivity contribution in [2.24, 2.45) is 0 Å². The van der Waals surface area contributed by atoms with Crippen LogP contribution in [0.3, 0.4) is 0 Å². The monoisotopic (exact) mass is 186 g/mol. The van der Waals surface area contributed by atoms with E-state index in [1.165, 1.54) is 0 Å². The van der Waals surface area contributed by atoms with Crippen molar-refractivity contribution in [3.63, 3.8) is 0 Å². The van der Waals surface area contributed by atoms with Crippen LogP contribution in [0.15, 0.2) is 0 Å². The quantitative estimate of drug-likeness (QED) is 0.379. The van der Waals surface area contributed by atoms with Gasteiger partial charge in [0.2, 0.25) is 0 Å². The summed E-state index contributed by atoms with van der Waals surface area (Å²) in [5.74, 6) is 0. The molecule has 1 N–H and O–H groups in total. The molecule has 0 atom stereocenters. The molecule has 0 aliphatic carbocycles. The first-order chi connectivity index (χ1) is 3.41. The second-order valence-corrected chi connectivity index (χ2v) is 1.82. The fraction of sp³-hybridized carbons (Fsp3) is 1.00. The minimum atomic E-state index is -5.61. The first kappa shape index (κ1) is 22.6. The van der Waals surface area contributed by atoms with Gasteiger partial charge in [0.15, 0.2) is 0 Å².